The molecular weight excluding hydrogens is 586 g/mol. The van der Waals surface area contributed by atoms with Crippen molar-refractivity contribution in [3.05, 3.63) is 84.0 Å². The van der Waals surface area contributed by atoms with Gasteiger partial charge < -0.3 is 29.3 Å². The van der Waals surface area contributed by atoms with Gasteiger partial charge in [0.2, 0.25) is 11.9 Å². The van der Waals surface area contributed by atoms with Gasteiger partial charge in [-0.1, -0.05) is 42.8 Å². The normalized spacial score (nSPS) is 15.4. The highest BCUT2D eigenvalue weighted by Crippen LogP contribution is 2.31. The van der Waals surface area contributed by atoms with Gasteiger partial charge in [-0.15, -0.1) is 0 Å². The van der Waals surface area contributed by atoms with Crippen molar-refractivity contribution in [1.29, 1.82) is 0 Å². The van der Waals surface area contributed by atoms with E-state index in [1.54, 1.807) is 60.6 Å². The number of nitrogens with zero attached hydrogens (tertiary/aromatic N) is 6. The first-order valence-electron chi connectivity index (χ1n) is 14.2. The van der Waals surface area contributed by atoms with Crippen LogP contribution in [0, 0.1) is 0 Å². The van der Waals surface area contributed by atoms with Crippen LogP contribution in [0.25, 0.3) is 5.95 Å². The lowest BCUT2D eigenvalue weighted by molar-refractivity contribution is -0.135. The zero-order valence-electron chi connectivity index (χ0n) is 24.7. The molecule has 4 aromatic rings. The fourth-order valence-electron chi connectivity index (χ4n) is 5.05. The molecule has 2 aromatic heterocycles. The van der Waals surface area contributed by atoms with Crippen molar-refractivity contribution in [2.24, 2.45) is 0 Å². The van der Waals surface area contributed by atoms with E-state index in [0.717, 1.165) is 5.56 Å². The predicted octanol–water partition coefficient (Wildman–Crippen LogP) is 3.70. The summed E-state index contributed by atoms with van der Waals surface area (Å²) in [5.74, 6) is 2.03. The van der Waals surface area contributed by atoms with Crippen LogP contribution in [0.2, 0.25) is 5.15 Å². The smallest absolute Gasteiger partial charge is 0.260 e. The number of carbonyl (C=O) groups is 2. The van der Waals surface area contributed by atoms with Crippen molar-refractivity contribution in [1.82, 2.24) is 29.7 Å². The molecule has 230 valence electrons. The summed E-state index contributed by atoms with van der Waals surface area (Å²) in [6, 6.07) is 15.2. The van der Waals surface area contributed by atoms with Crippen LogP contribution >= 0.6 is 11.6 Å². The predicted molar refractivity (Wildman–Crippen MR) is 165 cm³/mol. The average Bonchev–Trinajstić information content (AvgIpc) is 3.61. The number of methoxy groups -OCH3 is 2. The first-order chi connectivity index (χ1) is 21.4. The van der Waals surface area contributed by atoms with Gasteiger partial charge in [0, 0.05) is 31.5 Å². The molecule has 1 fully saturated rings. The Balaban J connectivity index is 1.41. The minimum absolute atomic E-state index is 0.118. The number of hydrogen-bond acceptors (Lipinski definition) is 9. The number of hydrogen-bond donors (Lipinski definition) is 1. The third-order valence-corrected chi connectivity index (χ3v) is 7.57. The van der Waals surface area contributed by atoms with Crippen LogP contribution in [0.5, 0.6) is 17.2 Å². The summed E-state index contributed by atoms with van der Waals surface area (Å²) in [6.45, 7) is 2.65. The maximum atomic E-state index is 14.1. The molecule has 2 aromatic carbocycles. The standard InChI is InChI=1S/C31H34ClN7O5/c1-4-23(21-10-11-25(42-2)26(16-21)43-3)34-30(41)24-18-37(29(40)19-44-22-8-6-5-7-9-22)14-15-39(24)28-17-27(32)35-31(36-28)38-13-12-33-20-38/h5-13,16-17,20,23-24H,4,14-15,18-19H2,1-3H3,(H,34,41). The highest BCUT2D eigenvalue weighted by atomic mass is 35.5. The lowest BCUT2D eigenvalue weighted by Crippen LogP contribution is -2.61. The van der Waals surface area contributed by atoms with E-state index in [-0.39, 0.29) is 36.2 Å². The highest BCUT2D eigenvalue weighted by molar-refractivity contribution is 6.29. The molecule has 0 aliphatic carbocycles. The number of imidazole rings is 1. The van der Waals surface area contributed by atoms with Gasteiger partial charge in [-0.25, -0.2) is 9.97 Å². The number of rotatable bonds is 11. The molecule has 1 N–H and O–H groups in total. The van der Waals surface area contributed by atoms with Crippen molar-refractivity contribution >= 4 is 29.2 Å². The van der Waals surface area contributed by atoms with Gasteiger partial charge in [-0.05, 0) is 36.2 Å². The van der Waals surface area contributed by atoms with Crippen LogP contribution < -0.4 is 24.4 Å². The van der Waals surface area contributed by atoms with Gasteiger partial charge in [0.15, 0.2) is 18.1 Å². The summed E-state index contributed by atoms with van der Waals surface area (Å²) in [7, 11) is 3.14. The zero-order valence-corrected chi connectivity index (χ0v) is 25.5. The van der Waals surface area contributed by atoms with Crippen LogP contribution in [-0.2, 0) is 9.59 Å². The Morgan fingerprint density at radius 3 is 2.55 bits per heavy atom. The van der Waals surface area contributed by atoms with Crippen LogP contribution in [0.3, 0.4) is 0 Å². The zero-order chi connectivity index (χ0) is 31.1. The Hall–Kier alpha value is -4.84. The van der Waals surface area contributed by atoms with E-state index in [0.29, 0.717) is 48.5 Å². The summed E-state index contributed by atoms with van der Waals surface area (Å²) in [6.07, 6.45) is 5.50. The largest absolute Gasteiger partial charge is 0.493 e. The van der Waals surface area contributed by atoms with Gasteiger partial charge in [-0.3, -0.25) is 14.2 Å². The third-order valence-electron chi connectivity index (χ3n) is 7.38. The van der Waals surface area contributed by atoms with E-state index in [1.807, 2.05) is 48.2 Å². The molecule has 1 aliphatic heterocycles. The minimum Gasteiger partial charge on any atom is -0.493 e. The molecule has 2 unspecified atom stereocenters. The molecule has 44 heavy (non-hydrogen) atoms. The van der Waals surface area contributed by atoms with E-state index >= 15 is 0 Å². The maximum absolute atomic E-state index is 14.1. The number of halogens is 1. The molecule has 3 heterocycles. The minimum atomic E-state index is -0.778. The van der Waals surface area contributed by atoms with Gasteiger partial charge in [0.1, 0.15) is 29.1 Å². The molecule has 5 rings (SSSR count). The molecule has 12 nitrogen and oxygen atoms in total. The first-order valence-corrected chi connectivity index (χ1v) is 14.6. The molecule has 0 radical (unpaired) electrons. The quantitative estimate of drug-likeness (QED) is 0.250. The van der Waals surface area contributed by atoms with Crippen molar-refractivity contribution in [2.45, 2.75) is 25.4 Å². The van der Waals surface area contributed by atoms with Crippen molar-refractivity contribution in [3.8, 4) is 23.2 Å². The second-order valence-electron chi connectivity index (χ2n) is 10.1. The van der Waals surface area contributed by atoms with Gasteiger partial charge in [0.25, 0.3) is 5.91 Å². The number of piperazine rings is 1. The van der Waals surface area contributed by atoms with Crippen LogP contribution in [0.1, 0.15) is 24.9 Å². The summed E-state index contributed by atoms with van der Waals surface area (Å²) in [5, 5.41) is 3.39. The molecule has 2 atom stereocenters. The maximum Gasteiger partial charge on any atom is 0.260 e. The average molecular weight is 620 g/mol. The van der Waals surface area contributed by atoms with E-state index in [9.17, 15) is 9.59 Å². The Bertz CT molecular complexity index is 1570. The monoisotopic (exact) mass is 619 g/mol. The second-order valence-corrected chi connectivity index (χ2v) is 10.4. The number of anilines is 1. The van der Waals surface area contributed by atoms with Crippen LogP contribution in [0.15, 0.2) is 73.3 Å². The van der Waals surface area contributed by atoms with E-state index in [4.69, 9.17) is 30.8 Å². The van der Waals surface area contributed by atoms with E-state index in [2.05, 4.69) is 15.3 Å². The number of nitrogens with one attached hydrogen (secondary N) is 1. The molecule has 1 aliphatic rings. The van der Waals surface area contributed by atoms with E-state index in [1.165, 1.54) is 0 Å². The molecule has 13 heteroatoms. The fourth-order valence-corrected chi connectivity index (χ4v) is 5.23. The fraction of sp³-hybridized carbons (Fsp3) is 0.323. The number of amides is 2. The Morgan fingerprint density at radius 2 is 1.84 bits per heavy atom. The summed E-state index contributed by atoms with van der Waals surface area (Å²) in [4.78, 5) is 43.9. The molecule has 1 saturated heterocycles. The third kappa shape index (κ3) is 7.03. The van der Waals surface area contributed by atoms with Crippen molar-refractivity contribution < 1.29 is 23.8 Å². The lowest BCUT2D eigenvalue weighted by Gasteiger charge is -2.41. The van der Waals surface area contributed by atoms with Gasteiger partial charge in [-0.2, -0.15) is 4.98 Å². The second kappa shape index (κ2) is 14.1. The molecular formula is C31H34ClN7O5. The lowest BCUT2D eigenvalue weighted by atomic mass is 10.0. The number of aromatic nitrogens is 4. The first kappa shape index (κ1) is 30.6. The SMILES string of the molecule is CCC(NC(=O)C1CN(C(=O)COc2ccccc2)CCN1c1cc(Cl)nc(-n2ccnc2)n1)c1ccc(OC)c(OC)c1. The molecule has 0 saturated carbocycles. The number of carbonyl (C=O) groups excluding carboxylic acids is 2. The molecule has 0 bridgehead atoms. The van der Waals surface area contributed by atoms with Crippen molar-refractivity contribution in [3.63, 3.8) is 0 Å². The number of para-hydroxylation sites is 1. The van der Waals surface area contributed by atoms with Crippen LogP contribution in [0.4, 0.5) is 5.82 Å². The Labute approximate surface area is 260 Å². The van der Waals surface area contributed by atoms with Gasteiger partial charge >= 0.3 is 0 Å². The van der Waals surface area contributed by atoms with Crippen LogP contribution in [-0.4, -0.2) is 82.7 Å². The topological polar surface area (TPSA) is 124 Å². The van der Waals surface area contributed by atoms with Gasteiger partial charge in [0.05, 0.1) is 26.8 Å². The highest BCUT2D eigenvalue weighted by Gasteiger charge is 2.36. The number of benzene rings is 2. The van der Waals surface area contributed by atoms with Crippen molar-refractivity contribution in [2.75, 3.05) is 45.4 Å². The summed E-state index contributed by atoms with van der Waals surface area (Å²) in [5.41, 5.74) is 0.859. The van der Waals surface area contributed by atoms with E-state index < -0.39 is 6.04 Å². The summed E-state index contributed by atoms with van der Waals surface area (Å²) >= 11 is 6.42. The number of ether oxygens (including phenoxy) is 3. The Kier molecular flexibility index (Phi) is 9.80. The molecule has 0 spiro atoms. The molecule has 2 amide bonds. The summed E-state index contributed by atoms with van der Waals surface area (Å²) < 4.78 is 18.2. The Morgan fingerprint density at radius 1 is 1.05 bits per heavy atom.